The van der Waals surface area contributed by atoms with Crippen LogP contribution in [0.4, 0.5) is 0 Å². The molecule has 1 rings (SSSR count). The van der Waals surface area contributed by atoms with Crippen LogP contribution in [0.25, 0.3) is 0 Å². The van der Waals surface area contributed by atoms with Crippen molar-refractivity contribution in [3.8, 4) is 0 Å². The van der Waals surface area contributed by atoms with E-state index >= 15 is 0 Å². The second kappa shape index (κ2) is 5.66. The SMILES string of the molecule is COC(=O)C(CN)Cc1c(C)cccc1C. The molecule has 0 spiro atoms. The fourth-order valence-corrected chi connectivity index (χ4v) is 1.85. The van der Waals surface area contributed by atoms with Crippen LogP contribution in [0.5, 0.6) is 0 Å². The quantitative estimate of drug-likeness (QED) is 0.786. The van der Waals surface area contributed by atoms with E-state index in [-0.39, 0.29) is 11.9 Å². The Morgan fingerprint density at radius 1 is 1.38 bits per heavy atom. The summed E-state index contributed by atoms with van der Waals surface area (Å²) in [5.74, 6) is -0.477. The lowest BCUT2D eigenvalue weighted by Gasteiger charge is -2.15. The fourth-order valence-electron chi connectivity index (χ4n) is 1.85. The van der Waals surface area contributed by atoms with Crippen molar-refractivity contribution >= 4 is 5.97 Å². The topological polar surface area (TPSA) is 52.3 Å². The molecule has 1 atom stereocenters. The summed E-state index contributed by atoms with van der Waals surface area (Å²) < 4.78 is 4.74. The molecule has 16 heavy (non-hydrogen) atoms. The number of benzene rings is 1. The van der Waals surface area contributed by atoms with Crippen LogP contribution in [0.2, 0.25) is 0 Å². The van der Waals surface area contributed by atoms with Gasteiger partial charge < -0.3 is 10.5 Å². The number of methoxy groups -OCH3 is 1. The van der Waals surface area contributed by atoms with Gasteiger partial charge in [0.2, 0.25) is 0 Å². The smallest absolute Gasteiger partial charge is 0.310 e. The van der Waals surface area contributed by atoms with Gasteiger partial charge in [-0.05, 0) is 37.0 Å². The zero-order chi connectivity index (χ0) is 12.1. The predicted octanol–water partition coefficient (Wildman–Crippen LogP) is 1.59. The highest BCUT2D eigenvalue weighted by Gasteiger charge is 2.19. The van der Waals surface area contributed by atoms with Gasteiger partial charge >= 0.3 is 5.97 Å². The van der Waals surface area contributed by atoms with Crippen molar-refractivity contribution in [2.24, 2.45) is 11.7 Å². The lowest BCUT2D eigenvalue weighted by atomic mass is 9.93. The van der Waals surface area contributed by atoms with Crippen LogP contribution in [-0.2, 0) is 16.0 Å². The van der Waals surface area contributed by atoms with Gasteiger partial charge in [0.05, 0.1) is 13.0 Å². The average molecular weight is 221 g/mol. The molecule has 0 bridgehead atoms. The molecule has 2 N–H and O–H groups in total. The molecule has 0 fully saturated rings. The molecule has 0 aromatic heterocycles. The van der Waals surface area contributed by atoms with Gasteiger partial charge in [0, 0.05) is 6.54 Å². The van der Waals surface area contributed by atoms with E-state index in [4.69, 9.17) is 10.5 Å². The Labute approximate surface area is 96.6 Å². The molecule has 0 aliphatic heterocycles. The zero-order valence-electron chi connectivity index (χ0n) is 10.1. The van der Waals surface area contributed by atoms with E-state index in [1.54, 1.807) is 0 Å². The van der Waals surface area contributed by atoms with Gasteiger partial charge in [0.25, 0.3) is 0 Å². The number of ether oxygens (including phenoxy) is 1. The largest absolute Gasteiger partial charge is 0.469 e. The normalized spacial score (nSPS) is 12.2. The van der Waals surface area contributed by atoms with Crippen LogP contribution < -0.4 is 5.73 Å². The van der Waals surface area contributed by atoms with Crippen molar-refractivity contribution in [3.63, 3.8) is 0 Å². The lowest BCUT2D eigenvalue weighted by Crippen LogP contribution is -2.27. The van der Waals surface area contributed by atoms with Gasteiger partial charge in [-0.2, -0.15) is 0 Å². The number of rotatable bonds is 4. The van der Waals surface area contributed by atoms with Crippen LogP contribution in [0.15, 0.2) is 18.2 Å². The Hall–Kier alpha value is -1.35. The first-order chi connectivity index (χ1) is 7.60. The maximum Gasteiger partial charge on any atom is 0.310 e. The van der Waals surface area contributed by atoms with E-state index in [9.17, 15) is 4.79 Å². The average Bonchev–Trinajstić information content (AvgIpc) is 2.28. The van der Waals surface area contributed by atoms with E-state index in [1.165, 1.54) is 23.8 Å². The van der Waals surface area contributed by atoms with E-state index in [1.807, 2.05) is 32.0 Å². The van der Waals surface area contributed by atoms with E-state index in [0.29, 0.717) is 13.0 Å². The Balaban J connectivity index is 2.90. The Kier molecular flexibility index (Phi) is 4.50. The van der Waals surface area contributed by atoms with Crippen molar-refractivity contribution < 1.29 is 9.53 Å². The molecule has 1 aromatic rings. The van der Waals surface area contributed by atoms with Crippen molar-refractivity contribution in [2.45, 2.75) is 20.3 Å². The molecule has 0 aliphatic carbocycles. The zero-order valence-corrected chi connectivity index (χ0v) is 10.1. The number of hydrogen-bond acceptors (Lipinski definition) is 3. The first kappa shape index (κ1) is 12.7. The highest BCUT2D eigenvalue weighted by Crippen LogP contribution is 2.18. The second-order valence-corrected chi connectivity index (χ2v) is 4.03. The van der Waals surface area contributed by atoms with Gasteiger partial charge in [0.15, 0.2) is 0 Å². The first-order valence-electron chi connectivity index (χ1n) is 5.43. The third-order valence-electron chi connectivity index (χ3n) is 2.91. The van der Waals surface area contributed by atoms with Crippen molar-refractivity contribution in [2.75, 3.05) is 13.7 Å². The van der Waals surface area contributed by atoms with Crippen molar-refractivity contribution in [1.82, 2.24) is 0 Å². The molecule has 0 heterocycles. The summed E-state index contributed by atoms with van der Waals surface area (Å²) >= 11 is 0. The van der Waals surface area contributed by atoms with E-state index in [0.717, 1.165) is 0 Å². The Morgan fingerprint density at radius 2 is 1.94 bits per heavy atom. The monoisotopic (exact) mass is 221 g/mol. The molecule has 3 nitrogen and oxygen atoms in total. The molecule has 0 radical (unpaired) electrons. The predicted molar refractivity (Wildman–Crippen MR) is 64.2 cm³/mol. The third-order valence-corrected chi connectivity index (χ3v) is 2.91. The van der Waals surface area contributed by atoms with Crippen LogP contribution >= 0.6 is 0 Å². The molecular formula is C13H19NO2. The molecule has 0 saturated heterocycles. The number of nitrogens with two attached hydrogens (primary N) is 1. The Bertz CT molecular complexity index is 354. The summed E-state index contributed by atoms with van der Waals surface area (Å²) in [5, 5.41) is 0. The number of carbonyl (C=O) groups excluding carboxylic acids is 1. The highest BCUT2D eigenvalue weighted by molar-refractivity contribution is 5.73. The van der Waals surface area contributed by atoms with Crippen LogP contribution in [0, 0.1) is 19.8 Å². The van der Waals surface area contributed by atoms with Gasteiger partial charge in [0.1, 0.15) is 0 Å². The van der Waals surface area contributed by atoms with Gasteiger partial charge in [-0.15, -0.1) is 0 Å². The fraction of sp³-hybridized carbons (Fsp3) is 0.462. The van der Waals surface area contributed by atoms with Crippen LogP contribution in [-0.4, -0.2) is 19.6 Å². The summed E-state index contributed by atoms with van der Waals surface area (Å²) in [5.41, 5.74) is 9.19. The van der Waals surface area contributed by atoms with Crippen LogP contribution in [0.3, 0.4) is 0 Å². The van der Waals surface area contributed by atoms with E-state index < -0.39 is 0 Å². The van der Waals surface area contributed by atoms with Crippen LogP contribution in [0.1, 0.15) is 16.7 Å². The summed E-state index contributed by atoms with van der Waals surface area (Å²) in [6.07, 6.45) is 0.654. The molecule has 0 saturated carbocycles. The van der Waals surface area contributed by atoms with Gasteiger partial charge in [-0.25, -0.2) is 0 Å². The summed E-state index contributed by atoms with van der Waals surface area (Å²) in [7, 11) is 1.40. The molecule has 1 unspecified atom stereocenters. The summed E-state index contributed by atoms with van der Waals surface area (Å²) in [6.45, 7) is 4.42. The molecule has 0 aliphatic rings. The number of esters is 1. The lowest BCUT2D eigenvalue weighted by molar-refractivity contribution is -0.145. The minimum Gasteiger partial charge on any atom is -0.469 e. The van der Waals surface area contributed by atoms with Gasteiger partial charge in [-0.1, -0.05) is 18.2 Å². The standard InChI is InChI=1S/C13H19NO2/c1-9-5-4-6-10(2)12(9)7-11(8-14)13(15)16-3/h4-6,11H,7-8,14H2,1-3H3. The molecule has 3 heteroatoms. The maximum atomic E-state index is 11.5. The molecular weight excluding hydrogens is 202 g/mol. The third kappa shape index (κ3) is 2.83. The minimum atomic E-state index is -0.246. The van der Waals surface area contributed by atoms with Gasteiger partial charge in [-0.3, -0.25) is 4.79 Å². The summed E-state index contributed by atoms with van der Waals surface area (Å²) in [6, 6.07) is 6.12. The molecule has 1 aromatic carbocycles. The second-order valence-electron chi connectivity index (χ2n) is 4.03. The minimum absolute atomic E-state index is 0.231. The first-order valence-corrected chi connectivity index (χ1v) is 5.43. The maximum absolute atomic E-state index is 11.5. The number of hydrogen-bond donors (Lipinski definition) is 1. The number of carbonyl (C=O) groups is 1. The number of aryl methyl sites for hydroxylation is 2. The molecule has 0 amide bonds. The highest BCUT2D eigenvalue weighted by atomic mass is 16.5. The van der Waals surface area contributed by atoms with Crippen molar-refractivity contribution in [1.29, 1.82) is 0 Å². The molecule has 88 valence electrons. The van der Waals surface area contributed by atoms with Crippen molar-refractivity contribution in [3.05, 3.63) is 34.9 Å². The Morgan fingerprint density at radius 3 is 2.38 bits per heavy atom. The summed E-state index contributed by atoms with van der Waals surface area (Å²) in [4.78, 5) is 11.5. The van der Waals surface area contributed by atoms with E-state index in [2.05, 4.69) is 0 Å².